The topological polar surface area (TPSA) is 108 Å². The number of carbonyl (C=O) groups excluding carboxylic acids is 1. The first kappa shape index (κ1) is 23.4. The summed E-state index contributed by atoms with van der Waals surface area (Å²) in [6, 6.07) is 8.64. The lowest BCUT2D eigenvalue weighted by Gasteiger charge is -2.23. The molecule has 0 fully saturated rings. The third-order valence-electron chi connectivity index (χ3n) is 4.93. The Morgan fingerprint density at radius 2 is 2.03 bits per heavy atom. The number of thiazole rings is 1. The summed E-state index contributed by atoms with van der Waals surface area (Å²) in [5.74, 6) is 0.290. The van der Waals surface area contributed by atoms with Crippen LogP contribution in [0.1, 0.15) is 30.7 Å². The predicted molar refractivity (Wildman–Crippen MR) is 123 cm³/mol. The summed E-state index contributed by atoms with van der Waals surface area (Å²) >= 11 is 1.33. The number of aliphatic hydroxyl groups excluding tert-OH is 1. The molecule has 0 unspecified atom stereocenters. The highest BCUT2D eigenvalue weighted by Crippen LogP contribution is 2.34. The van der Waals surface area contributed by atoms with Crippen molar-refractivity contribution in [3.8, 4) is 5.75 Å². The third-order valence-corrected chi connectivity index (χ3v) is 5.69. The smallest absolute Gasteiger partial charge is 0.321 e. The zero-order valence-corrected chi connectivity index (χ0v) is 18.9. The van der Waals surface area contributed by atoms with Gasteiger partial charge < -0.3 is 20.5 Å². The van der Waals surface area contributed by atoms with E-state index in [0.717, 1.165) is 17.0 Å². The Kier molecular flexibility index (Phi) is 7.60. The second-order valence-electron chi connectivity index (χ2n) is 7.52. The van der Waals surface area contributed by atoms with Gasteiger partial charge in [-0.3, -0.25) is 5.32 Å². The number of ether oxygens (including phenoxy) is 1. The first-order valence-corrected chi connectivity index (χ1v) is 10.9. The molecule has 0 aliphatic rings. The van der Waals surface area contributed by atoms with Gasteiger partial charge in [-0.05, 0) is 29.3 Å². The van der Waals surface area contributed by atoms with Crippen LogP contribution in [0.2, 0.25) is 0 Å². The number of hydrogen-bond donors (Lipinski definition) is 4. The van der Waals surface area contributed by atoms with Crippen LogP contribution in [0.25, 0.3) is 0 Å². The van der Waals surface area contributed by atoms with Crippen molar-refractivity contribution in [1.29, 1.82) is 0 Å². The number of carbonyl (C=O) groups is 1. The minimum Gasteiger partial charge on any atom is -0.497 e. The van der Waals surface area contributed by atoms with Crippen LogP contribution < -0.4 is 20.7 Å². The van der Waals surface area contributed by atoms with Crippen LogP contribution in [-0.4, -0.2) is 41.4 Å². The highest BCUT2D eigenvalue weighted by atomic mass is 32.1. The maximum atomic E-state index is 14.0. The predicted octanol–water partition coefficient (Wildman–Crippen LogP) is 3.74. The summed E-state index contributed by atoms with van der Waals surface area (Å²) in [5.41, 5.74) is 2.06. The van der Waals surface area contributed by atoms with Crippen LogP contribution in [0.4, 0.5) is 20.1 Å². The number of aliphatic hydroxyl groups is 1. The normalized spacial score (nSPS) is 11.2. The average molecular weight is 460 g/mol. The van der Waals surface area contributed by atoms with E-state index in [1.807, 2.05) is 29.6 Å². The van der Waals surface area contributed by atoms with E-state index in [9.17, 15) is 9.18 Å². The SMILES string of the molecule is COc1ccc(C(C)(C)c2csc(NC(=O)NCc3cnc(NCCO)c(F)c3)n2)cc1. The van der Waals surface area contributed by atoms with E-state index >= 15 is 0 Å². The number of rotatable bonds is 9. The van der Waals surface area contributed by atoms with Gasteiger partial charge in [0.05, 0.1) is 19.4 Å². The van der Waals surface area contributed by atoms with Crippen LogP contribution in [-0.2, 0) is 12.0 Å². The van der Waals surface area contributed by atoms with Crippen LogP contribution in [0, 0.1) is 5.82 Å². The van der Waals surface area contributed by atoms with E-state index in [0.29, 0.717) is 10.7 Å². The molecule has 0 spiro atoms. The summed E-state index contributed by atoms with van der Waals surface area (Å²) in [4.78, 5) is 20.8. The molecule has 2 amide bonds. The Bertz CT molecular complexity index is 1060. The van der Waals surface area contributed by atoms with Gasteiger partial charge in [-0.1, -0.05) is 26.0 Å². The third kappa shape index (κ3) is 5.71. The van der Waals surface area contributed by atoms with Crippen LogP contribution >= 0.6 is 11.3 Å². The highest BCUT2D eigenvalue weighted by Gasteiger charge is 2.26. The quantitative estimate of drug-likeness (QED) is 0.388. The van der Waals surface area contributed by atoms with Gasteiger partial charge in [0.1, 0.15) is 5.75 Å². The molecule has 0 atom stereocenters. The molecular formula is C22H26FN5O3S. The van der Waals surface area contributed by atoms with Crippen molar-refractivity contribution in [2.45, 2.75) is 25.8 Å². The molecule has 0 saturated heterocycles. The van der Waals surface area contributed by atoms with E-state index in [4.69, 9.17) is 9.84 Å². The zero-order valence-electron chi connectivity index (χ0n) is 18.1. The minimum atomic E-state index is -0.552. The molecule has 3 rings (SSSR count). The summed E-state index contributed by atoms with van der Waals surface area (Å²) in [7, 11) is 1.63. The average Bonchev–Trinajstić information content (AvgIpc) is 3.26. The molecule has 1 aromatic carbocycles. The van der Waals surface area contributed by atoms with Crippen molar-refractivity contribution in [2.24, 2.45) is 0 Å². The molecule has 0 aliphatic heterocycles. The van der Waals surface area contributed by atoms with Crippen LogP contribution in [0.5, 0.6) is 5.75 Å². The first-order chi connectivity index (χ1) is 15.3. The van der Waals surface area contributed by atoms with Crippen molar-refractivity contribution in [3.05, 3.63) is 64.5 Å². The van der Waals surface area contributed by atoms with Crippen molar-refractivity contribution in [2.75, 3.05) is 30.9 Å². The fraction of sp³-hybridized carbons (Fsp3) is 0.318. The maximum absolute atomic E-state index is 14.0. The standard InChI is InChI=1S/C22H26FN5O3S/c1-22(2,15-4-6-16(31-3)7-5-15)18-13-32-21(27-18)28-20(30)26-12-14-10-17(23)19(25-11-14)24-8-9-29/h4-7,10-11,13,29H,8-9,12H2,1-3H3,(H,24,25)(H2,26,27,28,30). The number of pyridine rings is 1. The zero-order chi connectivity index (χ0) is 23.1. The fourth-order valence-corrected chi connectivity index (χ4v) is 3.85. The van der Waals surface area contributed by atoms with E-state index in [-0.39, 0.29) is 30.9 Å². The Balaban J connectivity index is 1.57. The van der Waals surface area contributed by atoms with Crippen molar-refractivity contribution >= 4 is 28.3 Å². The lowest BCUT2D eigenvalue weighted by molar-refractivity contribution is 0.251. The number of anilines is 2. The molecule has 4 N–H and O–H groups in total. The number of nitrogens with one attached hydrogen (secondary N) is 3. The number of amides is 2. The number of aromatic nitrogens is 2. The number of halogens is 1. The van der Waals surface area contributed by atoms with Gasteiger partial charge in [0.15, 0.2) is 16.8 Å². The molecule has 10 heteroatoms. The summed E-state index contributed by atoms with van der Waals surface area (Å²) in [5, 5.41) is 19.2. The molecule has 0 radical (unpaired) electrons. The van der Waals surface area contributed by atoms with E-state index in [1.165, 1.54) is 23.6 Å². The van der Waals surface area contributed by atoms with Gasteiger partial charge in [-0.2, -0.15) is 0 Å². The molecule has 0 aliphatic carbocycles. The monoisotopic (exact) mass is 459 g/mol. The Hall–Kier alpha value is -3.24. The molecule has 32 heavy (non-hydrogen) atoms. The molecule has 3 aromatic rings. The molecule has 0 bridgehead atoms. The first-order valence-electron chi connectivity index (χ1n) is 9.98. The summed E-state index contributed by atoms with van der Waals surface area (Å²) < 4.78 is 19.2. The van der Waals surface area contributed by atoms with Crippen molar-refractivity contribution < 1.29 is 19.0 Å². The van der Waals surface area contributed by atoms with Crippen LogP contribution in [0.3, 0.4) is 0 Å². The van der Waals surface area contributed by atoms with Gasteiger partial charge in [0.2, 0.25) is 0 Å². The largest absolute Gasteiger partial charge is 0.497 e. The molecule has 2 heterocycles. The number of benzene rings is 1. The Morgan fingerprint density at radius 1 is 1.28 bits per heavy atom. The molecular weight excluding hydrogens is 433 g/mol. The van der Waals surface area contributed by atoms with Gasteiger partial charge in [-0.15, -0.1) is 11.3 Å². The van der Waals surface area contributed by atoms with Gasteiger partial charge in [-0.25, -0.2) is 19.2 Å². The van der Waals surface area contributed by atoms with E-state index < -0.39 is 11.8 Å². The van der Waals surface area contributed by atoms with Crippen molar-refractivity contribution in [3.63, 3.8) is 0 Å². The van der Waals surface area contributed by atoms with Crippen LogP contribution in [0.15, 0.2) is 41.9 Å². The summed E-state index contributed by atoms with van der Waals surface area (Å²) in [6.45, 7) is 4.31. The van der Waals surface area contributed by atoms with E-state index in [1.54, 1.807) is 7.11 Å². The van der Waals surface area contributed by atoms with Crippen molar-refractivity contribution in [1.82, 2.24) is 15.3 Å². The second-order valence-corrected chi connectivity index (χ2v) is 8.38. The lowest BCUT2D eigenvalue weighted by Crippen LogP contribution is -2.28. The van der Waals surface area contributed by atoms with Gasteiger partial charge >= 0.3 is 6.03 Å². The number of methoxy groups -OCH3 is 1. The minimum absolute atomic E-state index is 0.0574. The fourth-order valence-electron chi connectivity index (χ4n) is 2.98. The Morgan fingerprint density at radius 3 is 2.69 bits per heavy atom. The molecule has 8 nitrogen and oxygen atoms in total. The highest BCUT2D eigenvalue weighted by molar-refractivity contribution is 7.13. The lowest BCUT2D eigenvalue weighted by atomic mass is 9.82. The maximum Gasteiger partial charge on any atom is 0.321 e. The molecule has 2 aromatic heterocycles. The van der Waals surface area contributed by atoms with E-state index in [2.05, 4.69) is 39.8 Å². The number of hydrogen-bond acceptors (Lipinski definition) is 7. The molecule has 170 valence electrons. The Labute approximate surface area is 189 Å². The van der Waals surface area contributed by atoms with Gasteiger partial charge in [0, 0.05) is 30.1 Å². The number of urea groups is 1. The molecule has 0 saturated carbocycles. The number of nitrogens with zero attached hydrogens (tertiary/aromatic N) is 2. The second kappa shape index (κ2) is 10.4. The summed E-state index contributed by atoms with van der Waals surface area (Å²) in [6.07, 6.45) is 1.46. The van der Waals surface area contributed by atoms with Gasteiger partial charge in [0.25, 0.3) is 0 Å².